The summed E-state index contributed by atoms with van der Waals surface area (Å²) in [5.41, 5.74) is 0. The second kappa shape index (κ2) is 29.7. The van der Waals surface area contributed by atoms with Gasteiger partial charge >= 0.3 is 0 Å². The zero-order valence-electron chi connectivity index (χ0n) is 24.9. The molecule has 0 saturated heterocycles. The first-order valence-corrected chi connectivity index (χ1v) is 16.6. The van der Waals surface area contributed by atoms with Crippen LogP contribution in [-0.4, -0.2) is 0 Å². The van der Waals surface area contributed by atoms with Crippen molar-refractivity contribution in [1.82, 2.24) is 0 Å². The molecule has 0 aromatic rings. The van der Waals surface area contributed by atoms with Crippen LogP contribution in [0.1, 0.15) is 201 Å². The molecule has 0 saturated carbocycles. The van der Waals surface area contributed by atoms with Crippen molar-refractivity contribution in [2.45, 2.75) is 201 Å². The molecule has 35 heavy (non-hydrogen) atoms. The van der Waals surface area contributed by atoms with Crippen molar-refractivity contribution in [3.05, 3.63) is 0 Å². The second-order valence-corrected chi connectivity index (χ2v) is 12.1. The van der Waals surface area contributed by atoms with Crippen LogP contribution < -0.4 is 0 Å². The molecule has 0 aromatic heterocycles. The zero-order valence-corrected chi connectivity index (χ0v) is 24.9. The number of hydrogen-bond donors (Lipinski definition) is 0. The normalized spacial score (nSPS) is 13.1. The SMILES string of the molecule is CCCCCC(C)CCCC(C)CCCCCCCCCCCCCCCCCCCCCC#N. The minimum atomic E-state index is 0.748. The van der Waals surface area contributed by atoms with Gasteiger partial charge in [0.1, 0.15) is 0 Å². The Labute approximate surface area is 223 Å². The molecule has 2 atom stereocenters. The monoisotopic (exact) mass is 490 g/mol. The lowest BCUT2D eigenvalue weighted by atomic mass is 9.92. The van der Waals surface area contributed by atoms with E-state index >= 15 is 0 Å². The van der Waals surface area contributed by atoms with E-state index < -0.39 is 0 Å². The summed E-state index contributed by atoms with van der Waals surface area (Å²) in [6, 6.07) is 2.24. The molecule has 0 radical (unpaired) electrons. The van der Waals surface area contributed by atoms with Crippen molar-refractivity contribution in [3.8, 4) is 6.07 Å². The van der Waals surface area contributed by atoms with E-state index in [0.717, 1.165) is 24.7 Å². The van der Waals surface area contributed by atoms with Gasteiger partial charge in [0, 0.05) is 6.42 Å². The lowest BCUT2D eigenvalue weighted by Crippen LogP contribution is -1.99. The van der Waals surface area contributed by atoms with E-state index in [0.29, 0.717) is 0 Å². The Morgan fingerprint density at radius 1 is 0.400 bits per heavy atom. The third kappa shape index (κ3) is 29.6. The highest BCUT2D eigenvalue weighted by Gasteiger charge is 2.06. The summed E-state index contributed by atoms with van der Waals surface area (Å²) < 4.78 is 0. The van der Waals surface area contributed by atoms with Crippen LogP contribution in [0.5, 0.6) is 0 Å². The van der Waals surface area contributed by atoms with Crippen molar-refractivity contribution in [3.63, 3.8) is 0 Å². The first-order chi connectivity index (χ1) is 17.2. The molecule has 0 heterocycles. The average molecular weight is 490 g/mol. The van der Waals surface area contributed by atoms with Gasteiger partial charge in [0.15, 0.2) is 0 Å². The van der Waals surface area contributed by atoms with Gasteiger partial charge in [-0.25, -0.2) is 0 Å². The molecule has 0 rings (SSSR count). The lowest BCUT2D eigenvalue weighted by molar-refractivity contribution is 0.392. The van der Waals surface area contributed by atoms with Crippen LogP contribution in [0.3, 0.4) is 0 Å². The zero-order chi connectivity index (χ0) is 25.7. The molecule has 1 heteroatoms. The van der Waals surface area contributed by atoms with Gasteiger partial charge in [-0.1, -0.05) is 188 Å². The Morgan fingerprint density at radius 3 is 1.03 bits per heavy atom. The van der Waals surface area contributed by atoms with Gasteiger partial charge < -0.3 is 0 Å². The Morgan fingerprint density at radius 2 is 0.686 bits per heavy atom. The number of nitrogens with zero attached hydrogens (tertiary/aromatic N) is 1. The fourth-order valence-electron chi connectivity index (χ4n) is 5.55. The minimum absolute atomic E-state index is 0.748. The maximum absolute atomic E-state index is 8.53. The summed E-state index contributed by atoms with van der Waals surface area (Å²) in [5, 5.41) is 8.53. The van der Waals surface area contributed by atoms with Gasteiger partial charge in [0.2, 0.25) is 0 Å². The maximum atomic E-state index is 8.53. The third-order valence-electron chi connectivity index (χ3n) is 8.18. The molecule has 0 spiro atoms. The quantitative estimate of drug-likeness (QED) is 0.0958. The molecule has 0 aliphatic rings. The van der Waals surface area contributed by atoms with Crippen LogP contribution in [0.25, 0.3) is 0 Å². The number of unbranched alkanes of at least 4 members (excludes halogenated alkanes) is 21. The highest BCUT2D eigenvalue weighted by Crippen LogP contribution is 2.21. The average Bonchev–Trinajstić information content (AvgIpc) is 2.85. The predicted molar refractivity (Wildman–Crippen MR) is 159 cm³/mol. The lowest BCUT2D eigenvalue weighted by Gasteiger charge is -2.14. The molecule has 0 bridgehead atoms. The third-order valence-corrected chi connectivity index (χ3v) is 8.18. The maximum Gasteiger partial charge on any atom is 0.0621 e. The van der Waals surface area contributed by atoms with Crippen LogP contribution in [0, 0.1) is 23.2 Å². The molecular formula is C34H67N. The number of hydrogen-bond acceptors (Lipinski definition) is 1. The first kappa shape index (κ1) is 34.5. The smallest absolute Gasteiger partial charge is 0.0621 e. The second-order valence-electron chi connectivity index (χ2n) is 12.1. The van der Waals surface area contributed by atoms with Crippen LogP contribution >= 0.6 is 0 Å². The van der Waals surface area contributed by atoms with Gasteiger partial charge in [-0.3, -0.25) is 0 Å². The largest absolute Gasteiger partial charge is 0.198 e. The summed E-state index contributed by atoms with van der Waals surface area (Å²) in [7, 11) is 0. The minimum Gasteiger partial charge on any atom is -0.198 e. The molecule has 208 valence electrons. The van der Waals surface area contributed by atoms with Crippen molar-refractivity contribution in [1.29, 1.82) is 5.26 Å². The Kier molecular flexibility index (Phi) is 29.3. The van der Waals surface area contributed by atoms with Crippen LogP contribution in [0.4, 0.5) is 0 Å². The fraction of sp³-hybridized carbons (Fsp3) is 0.971. The molecule has 2 unspecified atom stereocenters. The molecule has 0 aromatic carbocycles. The summed E-state index contributed by atoms with van der Waals surface area (Å²) in [4.78, 5) is 0. The molecule has 0 aliphatic carbocycles. The van der Waals surface area contributed by atoms with E-state index in [2.05, 4.69) is 26.8 Å². The molecule has 0 fully saturated rings. The molecule has 0 amide bonds. The topological polar surface area (TPSA) is 23.8 Å². The van der Waals surface area contributed by atoms with Gasteiger partial charge in [0.05, 0.1) is 6.07 Å². The standard InChI is InChI=1S/C34H67N/c1-4-5-24-28-33(2)30-27-31-34(3)29-25-22-20-18-16-14-12-10-8-6-7-9-11-13-15-17-19-21-23-26-32-35/h33-34H,4-31H2,1-3H3. The van der Waals surface area contributed by atoms with Crippen LogP contribution in [0.15, 0.2) is 0 Å². The van der Waals surface area contributed by atoms with E-state index in [-0.39, 0.29) is 0 Å². The van der Waals surface area contributed by atoms with Crippen molar-refractivity contribution < 1.29 is 0 Å². The molecule has 0 aliphatic heterocycles. The highest BCUT2D eigenvalue weighted by atomic mass is 14.2. The summed E-state index contributed by atoms with van der Waals surface area (Å²) >= 11 is 0. The van der Waals surface area contributed by atoms with Crippen molar-refractivity contribution in [2.24, 2.45) is 11.8 Å². The van der Waals surface area contributed by atoms with E-state index in [9.17, 15) is 0 Å². The fourth-order valence-corrected chi connectivity index (χ4v) is 5.55. The first-order valence-electron chi connectivity index (χ1n) is 16.6. The Bertz CT molecular complexity index is 423. The van der Waals surface area contributed by atoms with Crippen molar-refractivity contribution >= 4 is 0 Å². The summed E-state index contributed by atoms with van der Waals surface area (Å²) in [6.45, 7) is 7.26. The summed E-state index contributed by atoms with van der Waals surface area (Å²) in [6.07, 6.45) is 39.2. The number of nitriles is 1. The van der Waals surface area contributed by atoms with Crippen molar-refractivity contribution in [2.75, 3.05) is 0 Å². The van der Waals surface area contributed by atoms with E-state index in [1.54, 1.807) is 0 Å². The summed E-state index contributed by atoms with van der Waals surface area (Å²) in [5.74, 6) is 1.90. The Balaban J connectivity index is 3.17. The van der Waals surface area contributed by atoms with Crippen LogP contribution in [0.2, 0.25) is 0 Å². The van der Waals surface area contributed by atoms with Crippen LogP contribution in [-0.2, 0) is 0 Å². The van der Waals surface area contributed by atoms with Gasteiger partial charge in [-0.15, -0.1) is 0 Å². The van der Waals surface area contributed by atoms with Gasteiger partial charge in [-0.05, 0) is 18.3 Å². The van der Waals surface area contributed by atoms with E-state index in [1.807, 2.05) is 0 Å². The van der Waals surface area contributed by atoms with E-state index in [1.165, 1.54) is 167 Å². The molecular weight excluding hydrogens is 422 g/mol. The Hall–Kier alpha value is -0.510. The van der Waals surface area contributed by atoms with Gasteiger partial charge in [-0.2, -0.15) is 5.26 Å². The molecule has 1 nitrogen and oxygen atoms in total. The number of rotatable bonds is 29. The predicted octanol–water partition coefficient (Wildman–Crippen LogP) is 12.7. The van der Waals surface area contributed by atoms with E-state index in [4.69, 9.17) is 5.26 Å². The highest BCUT2D eigenvalue weighted by molar-refractivity contribution is 4.67. The molecule has 0 N–H and O–H groups in total. The van der Waals surface area contributed by atoms with Gasteiger partial charge in [0.25, 0.3) is 0 Å².